The van der Waals surface area contributed by atoms with Crippen LogP contribution in [0.5, 0.6) is 0 Å². The third kappa shape index (κ3) is 2.98. The fourth-order valence-electron chi connectivity index (χ4n) is 1.34. The molecule has 2 aromatic rings. The highest BCUT2D eigenvalue weighted by Gasteiger charge is 2.19. The van der Waals surface area contributed by atoms with Gasteiger partial charge in [0.2, 0.25) is 0 Å². The summed E-state index contributed by atoms with van der Waals surface area (Å²) in [7, 11) is 0. The van der Waals surface area contributed by atoms with E-state index in [0.717, 1.165) is 27.5 Å². The Kier molecular flexibility index (Phi) is 5.56. The largest absolute Gasteiger partial charge is 0.247 e. The van der Waals surface area contributed by atoms with E-state index in [1.165, 1.54) is 0 Å². The van der Waals surface area contributed by atoms with E-state index in [1.807, 2.05) is 0 Å². The van der Waals surface area contributed by atoms with Crippen molar-refractivity contribution < 1.29 is 0 Å². The van der Waals surface area contributed by atoms with Gasteiger partial charge in [0.15, 0.2) is 0 Å². The zero-order chi connectivity index (χ0) is 13.4. The lowest BCUT2D eigenvalue weighted by Crippen LogP contribution is -1.95. The maximum atomic E-state index is 6.25. The summed E-state index contributed by atoms with van der Waals surface area (Å²) in [5.41, 5.74) is 1.72. The summed E-state index contributed by atoms with van der Waals surface area (Å²) in [5.74, 6) is 0. The second-order valence-electron chi connectivity index (χ2n) is 3.17. The van der Waals surface area contributed by atoms with Crippen LogP contribution >= 0.6 is 100 Å². The normalized spacial score (nSPS) is 10.8. The Morgan fingerprint density at radius 3 is 1.50 bits per heavy atom. The predicted octanol–water partition coefficient (Wildman–Crippen LogP) is 6.18. The minimum Gasteiger partial charge on any atom is -0.247 e. The maximum Gasteiger partial charge on any atom is 0.120 e. The van der Waals surface area contributed by atoms with E-state index in [-0.39, 0.29) is 0 Å². The van der Waals surface area contributed by atoms with Crippen molar-refractivity contribution in [2.45, 2.75) is 0 Å². The van der Waals surface area contributed by atoms with Crippen LogP contribution in [0.3, 0.4) is 0 Å². The van der Waals surface area contributed by atoms with Crippen LogP contribution in [0.4, 0.5) is 0 Å². The smallest absolute Gasteiger partial charge is 0.120 e. The summed E-state index contributed by atoms with van der Waals surface area (Å²) in [6.07, 6.45) is 3.20. The Morgan fingerprint density at radius 2 is 1.17 bits per heavy atom. The molecule has 18 heavy (non-hydrogen) atoms. The van der Waals surface area contributed by atoms with Gasteiger partial charge in [-0.05, 0) is 77.0 Å². The standard InChI is InChI=1S/C10H2Br2Cl2I2N2/c11-9-7(15)5(3(13)1-17-9)6-4(14)2-18-10(12)8(6)16/h1-2H. The highest BCUT2D eigenvalue weighted by Crippen LogP contribution is 2.42. The fraction of sp³-hybridized carbons (Fsp3) is 0. The average Bonchev–Trinajstić information content (AvgIpc) is 2.33. The van der Waals surface area contributed by atoms with Crippen LogP contribution in [0.25, 0.3) is 11.1 Å². The molecule has 0 fully saturated rings. The van der Waals surface area contributed by atoms with Crippen LogP contribution in [-0.2, 0) is 0 Å². The van der Waals surface area contributed by atoms with E-state index >= 15 is 0 Å². The van der Waals surface area contributed by atoms with Crippen molar-refractivity contribution in [2.75, 3.05) is 0 Å². The molecule has 0 aromatic carbocycles. The Labute approximate surface area is 158 Å². The molecule has 0 bridgehead atoms. The molecular formula is C10H2Br2Cl2I2N2. The number of pyridine rings is 2. The van der Waals surface area contributed by atoms with Gasteiger partial charge in [0.25, 0.3) is 0 Å². The van der Waals surface area contributed by atoms with Gasteiger partial charge >= 0.3 is 0 Å². The van der Waals surface area contributed by atoms with Crippen LogP contribution in [-0.4, -0.2) is 9.97 Å². The first-order valence-corrected chi connectivity index (χ1v) is 8.92. The van der Waals surface area contributed by atoms with E-state index < -0.39 is 0 Å². The Morgan fingerprint density at radius 1 is 0.833 bits per heavy atom. The van der Waals surface area contributed by atoms with E-state index in [2.05, 4.69) is 87.0 Å². The van der Waals surface area contributed by atoms with Crippen LogP contribution in [0.1, 0.15) is 0 Å². The van der Waals surface area contributed by atoms with Crippen molar-refractivity contribution in [3.05, 3.63) is 38.8 Å². The third-order valence-corrected chi connectivity index (χ3v) is 7.47. The molecule has 2 heterocycles. The van der Waals surface area contributed by atoms with Crippen LogP contribution in [0, 0.1) is 7.14 Å². The van der Waals surface area contributed by atoms with Gasteiger partial charge in [0.1, 0.15) is 9.21 Å². The fourth-order valence-corrected chi connectivity index (χ4v) is 4.14. The van der Waals surface area contributed by atoms with Gasteiger partial charge in [0.05, 0.1) is 17.2 Å². The number of hydrogen-bond donors (Lipinski definition) is 0. The van der Waals surface area contributed by atoms with Crippen LogP contribution < -0.4 is 0 Å². The lowest BCUT2D eigenvalue weighted by Gasteiger charge is -2.12. The molecule has 0 aliphatic carbocycles. The monoisotopic (exact) mass is 632 g/mol. The summed E-state index contributed by atoms with van der Waals surface area (Å²) in [5, 5.41) is 1.11. The number of aromatic nitrogens is 2. The van der Waals surface area contributed by atoms with Crippen molar-refractivity contribution in [3.63, 3.8) is 0 Å². The van der Waals surface area contributed by atoms with Crippen molar-refractivity contribution in [2.24, 2.45) is 0 Å². The maximum absolute atomic E-state index is 6.25. The summed E-state index contributed by atoms with van der Waals surface area (Å²) in [6, 6.07) is 0. The average molecular weight is 635 g/mol. The minimum absolute atomic E-state index is 0.556. The third-order valence-electron chi connectivity index (χ3n) is 2.11. The molecule has 0 radical (unpaired) electrons. The van der Waals surface area contributed by atoms with Gasteiger partial charge in [-0.15, -0.1) is 0 Å². The predicted molar refractivity (Wildman–Crippen MR) is 98.3 cm³/mol. The first kappa shape index (κ1) is 15.7. The number of hydrogen-bond acceptors (Lipinski definition) is 2. The molecule has 0 unspecified atom stereocenters. The van der Waals surface area contributed by atoms with Crippen molar-refractivity contribution >= 4 is 100 Å². The molecule has 0 saturated carbocycles. The lowest BCUT2D eigenvalue weighted by atomic mass is 10.1. The quantitative estimate of drug-likeness (QED) is 0.277. The van der Waals surface area contributed by atoms with E-state index in [0.29, 0.717) is 10.0 Å². The molecule has 0 amide bonds. The summed E-state index contributed by atoms with van der Waals surface area (Å²) >= 11 is 23.7. The molecule has 2 rings (SSSR count). The van der Waals surface area contributed by atoms with Crippen molar-refractivity contribution in [1.82, 2.24) is 9.97 Å². The summed E-state index contributed by atoms with van der Waals surface area (Å²) in [4.78, 5) is 8.30. The van der Waals surface area contributed by atoms with Crippen LogP contribution in [0.2, 0.25) is 10.0 Å². The number of rotatable bonds is 1. The summed E-state index contributed by atoms with van der Waals surface area (Å²) in [6.45, 7) is 0. The molecule has 2 nitrogen and oxygen atoms in total. The molecule has 0 aliphatic rings. The zero-order valence-electron chi connectivity index (χ0n) is 8.32. The second-order valence-corrected chi connectivity index (χ2v) is 7.65. The minimum atomic E-state index is 0.556. The Balaban J connectivity index is 2.85. The van der Waals surface area contributed by atoms with Gasteiger partial charge in [-0.25, -0.2) is 9.97 Å². The van der Waals surface area contributed by atoms with Crippen molar-refractivity contribution in [1.29, 1.82) is 0 Å². The van der Waals surface area contributed by atoms with E-state index in [4.69, 9.17) is 23.2 Å². The van der Waals surface area contributed by atoms with Crippen molar-refractivity contribution in [3.8, 4) is 11.1 Å². The SMILES string of the molecule is Clc1cnc(Br)c(I)c1-c1c(Cl)cnc(Br)c1I. The lowest BCUT2D eigenvalue weighted by molar-refractivity contribution is 1.23. The second kappa shape index (κ2) is 6.38. The highest BCUT2D eigenvalue weighted by molar-refractivity contribution is 14.1. The molecule has 2 aromatic heterocycles. The number of nitrogens with zero attached hydrogens (tertiary/aromatic N) is 2. The van der Waals surface area contributed by atoms with Gasteiger partial charge < -0.3 is 0 Å². The molecule has 0 saturated heterocycles. The topological polar surface area (TPSA) is 25.8 Å². The molecule has 8 heteroatoms. The molecular weight excluding hydrogens is 633 g/mol. The molecule has 0 N–H and O–H groups in total. The van der Waals surface area contributed by atoms with Gasteiger partial charge in [0, 0.05) is 23.5 Å². The summed E-state index contributed by atoms with van der Waals surface area (Å²) < 4.78 is 3.31. The Bertz CT molecular complexity index is 582. The zero-order valence-corrected chi connectivity index (χ0v) is 17.3. The molecule has 0 aliphatic heterocycles. The van der Waals surface area contributed by atoms with Gasteiger partial charge in [-0.2, -0.15) is 0 Å². The highest BCUT2D eigenvalue weighted by atomic mass is 127. The molecule has 0 spiro atoms. The molecule has 94 valence electrons. The molecule has 0 atom stereocenters. The van der Waals surface area contributed by atoms with Crippen LogP contribution in [0.15, 0.2) is 21.6 Å². The first-order valence-electron chi connectivity index (χ1n) is 4.42. The number of halogens is 6. The first-order chi connectivity index (χ1) is 8.43. The van der Waals surface area contributed by atoms with E-state index in [1.54, 1.807) is 12.4 Å². The van der Waals surface area contributed by atoms with E-state index in [9.17, 15) is 0 Å². The Hall–Kier alpha value is 1.30. The van der Waals surface area contributed by atoms with Gasteiger partial charge in [-0.3, -0.25) is 0 Å². The van der Waals surface area contributed by atoms with Gasteiger partial charge in [-0.1, -0.05) is 23.2 Å².